The molecule has 0 bridgehead atoms. The Kier molecular flexibility index (Phi) is 3.45. The fraction of sp³-hybridized carbons (Fsp3) is 0.154. The van der Waals surface area contributed by atoms with Crippen molar-refractivity contribution in [3.8, 4) is 0 Å². The van der Waals surface area contributed by atoms with E-state index in [0.717, 1.165) is 11.2 Å². The van der Waals surface area contributed by atoms with E-state index < -0.39 is 10.8 Å². The van der Waals surface area contributed by atoms with Gasteiger partial charge in [-0.2, -0.15) is 0 Å². The molecule has 3 heterocycles. The van der Waals surface area contributed by atoms with Crippen LogP contribution in [0.2, 0.25) is 0 Å². The number of ketones is 1. The van der Waals surface area contributed by atoms with E-state index in [1.165, 1.54) is 18.3 Å². The number of hydrogen-bond donors (Lipinski definition) is 1. The number of carbonyl (C=O) groups is 1. The third-order valence-electron chi connectivity index (χ3n) is 2.72. The first-order valence-corrected chi connectivity index (χ1v) is 8.06. The largest absolute Gasteiger partial charge is 0.330 e. The van der Waals surface area contributed by atoms with Gasteiger partial charge in [-0.1, -0.05) is 6.07 Å². The molecule has 0 saturated carbocycles. The minimum absolute atomic E-state index is 0.0116. The van der Waals surface area contributed by atoms with Gasteiger partial charge in [-0.3, -0.25) is 14.0 Å². The zero-order chi connectivity index (χ0) is 14.1. The number of Topliss-reactive ketones (excluding diaryl/α,β-unsaturated/α-hetero) is 1. The van der Waals surface area contributed by atoms with Crippen molar-refractivity contribution in [3.05, 3.63) is 41.0 Å². The van der Waals surface area contributed by atoms with Crippen LogP contribution in [0.15, 0.2) is 35.6 Å². The second kappa shape index (κ2) is 5.26. The number of hydrogen-bond acceptors (Lipinski definition) is 5. The Labute approximate surface area is 121 Å². The van der Waals surface area contributed by atoms with E-state index in [0.29, 0.717) is 20.6 Å². The van der Waals surface area contributed by atoms with Crippen molar-refractivity contribution in [1.82, 2.24) is 15.0 Å². The third-order valence-corrected chi connectivity index (χ3v) is 5.04. The number of pyridine rings is 1. The van der Waals surface area contributed by atoms with E-state index in [-0.39, 0.29) is 5.78 Å². The Bertz CT molecular complexity index is 761. The van der Waals surface area contributed by atoms with Gasteiger partial charge in [0.25, 0.3) is 0 Å². The molecule has 0 aromatic carbocycles. The summed E-state index contributed by atoms with van der Waals surface area (Å²) >= 11 is 1.31. The molecule has 20 heavy (non-hydrogen) atoms. The lowest BCUT2D eigenvalue weighted by molar-refractivity contribution is 0.102. The molecule has 0 radical (unpaired) electrons. The third kappa shape index (κ3) is 2.54. The number of rotatable bonds is 4. The standard InChI is InChI=1S/C13H11N3O2S2/c1-8(17)11-6-10-12(19-11)16-13(15-10)20(18)7-9-4-2-3-5-14-9/h2-6H,7H2,1H3,(H,15,16). The van der Waals surface area contributed by atoms with Crippen LogP contribution in [0.4, 0.5) is 0 Å². The van der Waals surface area contributed by atoms with E-state index >= 15 is 0 Å². The van der Waals surface area contributed by atoms with Gasteiger partial charge in [-0.05, 0) is 25.1 Å². The Hall–Kier alpha value is -1.86. The first-order chi connectivity index (χ1) is 9.63. The van der Waals surface area contributed by atoms with Gasteiger partial charge in [0.05, 0.1) is 32.6 Å². The fourth-order valence-electron chi connectivity index (χ4n) is 1.76. The van der Waals surface area contributed by atoms with Crippen molar-refractivity contribution < 1.29 is 9.00 Å². The smallest absolute Gasteiger partial charge is 0.198 e. The van der Waals surface area contributed by atoms with Crippen molar-refractivity contribution in [2.24, 2.45) is 0 Å². The molecule has 3 rings (SSSR count). The fourth-order valence-corrected chi connectivity index (χ4v) is 3.69. The summed E-state index contributed by atoms with van der Waals surface area (Å²) < 4.78 is 12.2. The number of aromatic nitrogens is 3. The van der Waals surface area contributed by atoms with Crippen molar-refractivity contribution in [2.75, 3.05) is 0 Å². The average Bonchev–Trinajstić information content (AvgIpc) is 2.97. The molecule has 3 aromatic rings. The topological polar surface area (TPSA) is 75.7 Å². The van der Waals surface area contributed by atoms with Crippen LogP contribution in [0.3, 0.4) is 0 Å². The van der Waals surface area contributed by atoms with Gasteiger partial charge in [0, 0.05) is 6.20 Å². The van der Waals surface area contributed by atoms with E-state index in [2.05, 4.69) is 15.0 Å². The van der Waals surface area contributed by atoms with E-state index in [1.54, 1.807) is 12.3 Å². The molecule has 7 heteroatoms. The van der Waals surface area contributed by atoms with E-state index in [4.69, 9.17) is 0 Å². The normalized spacial score (nSPS) is 12.7. The summed E-state index contributed by atoms with van der Waals surface area (Å²) in [5.41, 5.74) is 1.51. The molecular weight excluding hydrogens is 294 g/mol. The number of nitrogens with one attached hydrogen (secondary N) is 1. The monoisotopic (exact) mass is 305 g/mol. The van der Waals surface area contributed by atoms with Crippen LogP contribution >= 0.6 is 11.3 Å². The highest BCUT2D eigenvalue weighted by atomic mass is 32.2. The number of nitrogens with zero attached hydrogens (tertiary/aromatic N) is 2. The zero-order valence-corrected chi connectivity index (χ0v) is 12.3. The highest BCUT2D eigenvalue weighted by Crippen LogP contribution is 2.25. The van der Waals surface area contributed by atoms with Gasteiger partial charge in [0.2, 0.25) is 0 Å². The van der Waals surface area contributed by atoms with Crippen LogP contribution < -0.4 is 0 Å². The number of carbonyl (C=O) groups excluding carboxylic acids is 1. The summed E-state index contributed by atoms with van der Waals surface area (Å²) in [5.74, 6) is 0.332. The summed E-state index contributed by atoms with van der Waals surface area (Å²) in [6.45, 7) is 1.52. The molecule has 0 fully saturated rings. The summed E-state index contributed by atoms with van der Waals surface area (Å²) in [4.78, 5) is 24.1. The van der Waals surface area contributed by atoms with Gasteiger partial charge in [-0.15, -0.1) is 11.3 Å². The molecule has 0 aliphatic heterocycles. The molecule has 102 valence electrons. The zero-order valence-electron chi connectivity index (χ0n) is 10.6. The number of H-pyrrole nitrogens is 1. The quantitative estimate of drug-likeness (QED) is 0.752. The van der Waals surface area contributed by atoms with Crippen LogP contribution in [0.1, 0.15) is 22.3 Å². The Morgan fingerprint density at radius 3 is 2.95 bits per heavy atom. The first-order valence-electron chi connectivity index (χ1n) is 5.92. The van der Waals surface area contributed by atoms with Gasteiger partial charge >= 0.3 is 0 Å². The maximum atomic E-state index is 12.2. The molecule has 0 saturated heterocycles. The SMILES string of the molecule is CC(=O)c1cc2[nH]c(S(=O)Cc3ccccn3)nc2s1. The van der Waals surface area contributed by atoms with Gasteiger partial charge in [0.1, 0.15) is 4.83 Å². The van der Waals surface area contributed by atoms with Gasteiger partial charge in [0.15, 0.2) is 10.9 Å². The number of fused-ring (bicyclic) bond motifs is 1. The second-order valence-electron chi connectivity index (χ2n) is 4.24. The lowest BCUT2D eigenvalue weighted by Crippen LogP contribution is -2.00. The van der Waals surface area contributed by atoms with Gasteiger partial charge in [-0.25, -0.2) is 4.98 Å². The van der Waals surface area contributed by atoms with Crippen LogP contribution in [0.25, 0.3) is 10.3 Å². The predicted octanol–water partition coefficient (Wildman–Crippen LogP) is 2.53. The van der Waals surface area contributed by atoms with Gasteiger partial charge < -0.3 is 4.98 Å². The predicted molar refractivity (Wildman–Crippen MR) is 78.3 cm³/mol. The Morgan fingerprint density at radius 2 is 2.30 bits per heavy atom. The second-order valence-corrected chi connectivity index (χ2v) is 6.64. The van der Waals surface area contributed by atoms with Crippen molar-refractivity contribution in [2.45, 2.75) is 17.8 Å². The molecular formula is C13H11N3O2S2. The maximum absolute atomic E-state index is 12.2. The summed E-state index contributed by atoms with van der Waals surface area (Å²) in [7, 11) is -1.27. The molecule has 1 N–H and O–H groups in total. The molecule has 0 amide bonds. The molecule has 5 nitrogen and oxygen atoms in total. The first kappa shape index (κ1) is 13.1. The Balaban J connectivity index is 1.85. The molecule has 1 atom stereocenters. The minimum Gasteiger partial charge on any atom is -0.330 e. The van der Waals surface area contributed by atoms with Crippen molar-refractivity contribution in [3.63, 3.8) is 0 Å². The number of aromatic amines is 1. The van der Waals surface area contributed by atoms with E-state index in [1.807, 2.05) is 18.2 Å². The Morgan fingerprint density at radius 1 is 1.45 bits per heavy atom. The maximum Gasteiger partial charge on any atom is 0.198 e. The number of thiophene rings is 1. The highest BCUT2D eigenvalue weighted by Gasteiger charge is 2.14. The van der Waals surface area contributed by atoms with Crippen LogP contribution in [-0.2, 0) is 16.6 Å². The summed E-state index contributed by atoms with van der Waals surface area (Å²) in [5, 5.41) is 0.423. The van der Waals surface area contributed by atoms with E-state index in [9.17, 15) is 9.00 Å². The molecule has 1 unspecified atom stereocenters. The summed E-state index contributed by atoms with van der Waals surface area (Å²) in [6, 6.07) is 7.26. The van der Waals surface area contributed by atoms with Crippen LogP contribution in [0, 0.1) is 0 Å². The highest BCUT2D eigenvalue weighted by molar-refractivity contribution is 7.84. The molecule has 0 aliphatic carbocycles. The lowest BCUT2D eigenvalue weighted by atomic mass is 10.3. The van der Waals surface area contributed by atoms with Crippen LogP contribution in [0.5, 0.6) is 0 Å². The minimum atomic E-state index is -1.27. The number of imidazole rings is 1. The molecule has 3 aromatic heterocycles. The average molecular weight is 305 g/mol. The van der Waals surface area contributed by atoms with Crippen molar-refractivity contribution in [1.29, 1.82) is 0 Å². The van der Waals surface area contributed by atoms with Crippen LogP contribution in [-0.4, -0.2) is 24.9 Å². The summed E-state index contributed by atoms with van der Waals surface area (Å²) in [6.07, 6.45) is 1.67. The molecule has 0 aliphatic rings. The molecule has 0 spiro atoms. The van der Waals surface area contributed by atoms with Crippen molar-refractivity contribution >= 4 is 38.3 Å². The lowest BCUT2D eigenvalue weighted by Gasteiger charge is -1.97.